The highest BCUT2D eigenvalue weighted by atomic mass is 16.8. The molecule has 0 spiro atoms. The Bertz CT molecular complexity index is 1410. The Morgan fingerprint density at radius 3 is 1.37 bits per heavy atom. The minimum absolute atomic E-state index is 0.751. The topological polar surface area (TPSA) is 404 Å². The van der Waals surface area contributed by atoms with E-state index in [4.69, 9.17) is 42.6 Å². The summed E-state index contributed by atoms with van der Waals surface area (Å²) < 4.78 is 53.1. The van der Waals surface area contributed by atoms with E-state index in [0.717, 1.165) is 13.8 Å². The average molecular weight is 879 g/mol. The molecule has 0 saturated carbocycles. The Morgan fingerprint density at radius 1 is 0.433 bits per heavy atom. The molecular weight excluding hydrogens is 820 g/mol. The molecule has 26 heteroatoms. The zero-order valence-electron chi connectivity index (χ0n) is 32.9. The van der Waals surface area contributed by atoms with Crippen LogP contribution < -0.4 is 10.6 Å². The Balaban J connectivity index is 1.59. The SMILES string of the molecule is CC(=O)N[C@@H]1[C@@H](O[C@@H]2O[C@@H](C)[C@@H](O)[C@@H](O)[C@@H]2O)[C@H](O[C@@H]2O[C@H](CO)[C@H](O)[C@H](O[C@H]3O[C@H](CO)[C@H](O)[C@H](O)[C@H]3NC(C)=O)[C@H]2O[C@@H]2O[C@@H](C)[C@@H](O)[C@@H](O)[C@@H]2O)[C@@H](CO)O[C@H]1O. The fourth-order valence-corrected chi connectivity index (χ4v) is 7.69. The minimum Gasteiger partial charge on any atom is -0.394 e. The van der Waals surface area contributed by atoms with Crippen LogP contribution >= 0.6 is 0 Å². The van der Waals surface area contributed by atoms with Gasteiger partial charge in [0.1, 0.15) is 110 Å². The lowest BCUT2D eigenvalue weighted by molar-refractivity contribution is -0.403. The van der Waals surface area contributed by atoms with Gasteiger partial charge in [-0.25, -0.2) is 0 Å². The van der Waals surface area contributed by atoms with Crippen LogP contribution in [0.25, 0.3) is 0 Å². The van der Waals surface area contributed by atoms with Crippen molar-refractivity contribution in [2.45, 2.75) is 181 Å². The molecule has 0 unspecified atom stereocenters. The van der Waals surface area contributed by atoms with Crippen LogP contribution in [-0.2, 0) is 52.2 Å². The fourth-order valence-electron chi connectivity index (χ4n) is 7.69. The molecule has 0 aromatic rings. The summed E-state index contributed by atoms with van der Waals surface area (Å²) in [4.78, 5) is 24.6. The maximum absolute atomic E-state index is 12.4. The quantitative estimate of drug-likeness (QED) is 0.0817. The number of rotatable bonds is 13. The summed E-state index contributed by atoms with van der Waals surface area (Å²) in [5, 5.41) is 144. The number of amides is 2. The molecule has 348 valence electrons. The second kappa shape index (κ2) is 20.7. The van der Waals surface area contributed by atoms with Crippen LogP contribution in [0, 0.1) is 0 Å². The molecule has 0 aromatic carbocycles. The average Bonchev–Trinajstić information content (AvgIpc) is 3.20. The van der Waals surface area contributed by atoms with E-state index in [-0.39, 0.29) is 0 Å². The lowest BCUT2D eigenvalue weighted by Gasteiger charge is -2.52. The molecule has 5 heterocycles. The van der Waals surface area contributed by atoms with Gasteiger partial charge in [-0.2, -0.15) is 0 Å². The number of ether oxygens (including phenoxy) is 9. The number of hydrogen-bond donors (Lipinski definition) is 15. The molecule has 5 saturated heterocycles. The summed E-state index contributed by atoms with van der Waals surface area (Å²) in [5.41, 5.74) is 0. The number of aliphatic hydroxyl groups is 13. The van der Waals surface area contributed by atoms with Gasteiger partial charge in [-0.15, -0.1) is 0 Å². The van der Waals surface area contributed by atoms with Crippen molar-refractivity contribution in [3.05, 3.63) is 0 Å². The van der Waals surface area contributed by atoms with E-state index < -0.39 is 185 Å². The highest BCUT2D eigenvalue weighted by Gasteiger charge is 2.58. The number of carbonyl (C=O) groups excluding carboxylic acids is 2. The van der Waals surface area contributed by atoms with Gasteiger partial charge in [0.25, 0.3) is 0 Å². The van der Waals surface area contributed by atoms with Crippen LogP contribution in [0.2, 0.25) is 0 Å². The molecule has 25 atom stereocenters. The second-order valence-electron chi connectivity index (χ2n) is 15.4. The third kappa shape index (κ3) is 10.4. The Labute approximate surface area is 342 Å². The summed E-state index contributed by atoms with van der Waals surface area (Å²) in [7, 11) is 0. The monoisotopic (exact) mass is 878 g/mol. The van der Waals surface area contributed by atoms with Gasteiger partial charge in [-0.05, 0) is 13.8 Å². The number of carbonyl (C=O) groups is 2. The van der Waals surface area contributed by atoms with E-state index in [0.29, 0.717) is 0 Å². The van der Waals surface area contributed by atoms with Crippen molar-refractivity contribution in [3.63, 3.8) is 0 Å². The van der Waals surface area contributed by atoms with Crippen molar-refractivity contribution in [3.8, 4) is 0 Å². The first-order valence-corrected chi connectivity index (χ1v) is 19.3. The highest BCUT2D eigenvalue weighted by Crippen LogP contribution is 2.37. The molecule has 60 heavy (non-hydrogen) atoms. The van der Waals surface area contributed by atoms with Crippen LogP contribution in [0.1, 0.15) is 27.7 Å². The fraction of sp³-hybridized carbons (Fsp3) is 0.941. The molecule has 2 amide bonds. The summed E-state index contributed by atoms with van der Waals surface area (Å²) in [6.07, 6.45) is -40.7. The maximum Gasteiger partial charge on any atom is 0.217 e. The number of hydrogen-bond acceptors (Lipinski definition) is 24. The van der Waals surface area contributed by atoms with Gasteiger partial charge >= 0.3 is 0 Å². The van der Waals surface area contributed by atoms with Gasteiger partial charge in [0, 0.05) is 13.8 Å². The lowest BCUT2D eigenvalue weighted by Crippen LogP contribution is -2.71. The van der Waals surface area contributed by atoms with Crippen molar-refractivity contribution >= 4 is 11.8 Å². The van der Waals surface area contributed by atoms with Gasteiger partial charge in [0.05, 0.1) is 32.0 Å². The first-order chi connectivity index (χ1) is 28.2. The van der Waals surface area contributed by atoms with Crippen molar-refractivity contribution in [1.29, 1.82) is 0 Å². The normalized spacial score (nSPS) is 50.2. The van der Waals surface area contributed by atoms with Crippen molar-refractivity contribution in [2.75, 3.05) is 19.8 Å². The molecule has 5 fully saturated rings. The van der Waals surface area contributed by atoms with Gasteiger partial charge < -0.3 is 120 Å². The predicted molar refractivity (Wildman–Crippen MR) is 187 cm³/mol. The zero-order chi connectivity index (χ0) is 44.5. The smallest absolute Gasteiger partial charge is 0.217 e. The molecule has 5 aliphatic rings. The van der Waals surface area contributed by atoms with Crippen LogP contribution in [-0.4, -0.2) is 251 Å². The molecule has 0 radical (unpaired) electrons. The van der Waals surface area contributed by atoms with Crippen molar-refractivity contribution in [2.24, 2.45) is 0 Å². The van der Waals surface area contributed by atoms with Gasteiger partial charge in [0.2, 0.25) is 11.8 Å². The van der Waals surface area contributed by atoms with Gasteiger partial charge in [0.15, 0.2) is 31.5 Å². The number of nitrogens with one attached hydrogen (secondary N) is 2. The molecule has 0 aromatic heterocycles. The van der Waals surface area contributed by atoms with Crippen LogP contribution in [0.3, 0.4) is 0 Å². The third-order valence-electron chi connectivity index (χ3n) is 11.0. The molecule has 15 N–H and O–H groups in total. The molecule has 5 aliphatic heterocycles. The number of aliphatic hydroxyl groups excluding tert-OH is 13. The van der Waals surface area contributed by atoms with Crippen LogP contribution in [0.4, 0.5) is 0 Å². The summed E-state index contributed by atoms with van der Waals surface area (Å²) in [6, 6.07) is -3.24. The third-order valence-corrected chi connectivity index (χ3v) is 11.0. The Kier molecular flexibility index (Phi) is 16.9. The predicted octanol–water partition coefficient (Wildman–Crippen LogP) is -9.58. The standard InChI is InChI=1S/C34H58N2O24/c1-8-17(42)22(47)24(49)32(52-8)58-27-16(36-11(4)41)30(51)54-14(7-39)26(27)57-34-29(60-33-25(50)23(48)18(43)9(2)53-33)28(20(45)13(6-38)56-34)59-31-15(35-10(3)40)21(46)19(44)12(5-37)55-31/h8-9,12-34,37-39,42-51H,5-7H2,1-4H3,(H,35,40)(H,36,41)/t8-,9-,12+,13+,14+,15+,16+,17+,18+,19-,20-,21+,22+,23+,24-,25-,26+,27+,28-,29+,30+,31+,32-,33-,34-/m0/s1. The summed E-state index contributed by atoms with van der Waals surface area (Å²) >= 11 is 0. The summed E-state index contributed by atoms with van der Waals surface area (Å²) in [6.45, 7) is 1.96. The molecule has 0 aliphatic carbocycles. The van der Waals surface area contributed by atoms with Crippen LogP contribution in [0.15, 0.2) is 0 Å². The second-order valence-corrected chi connectivity index (χ2v) is 15.4. The van der Waals surface area contributed by atoms with Crippen LogP contribution in [0.5, 0.6) is 0 Å². The molecule has 26 nitrogen and oxygen atoms in total. The first kappa shape index (κ1) is 49.1. The first-order valence-electron chi connectivity index (χ1n) is 19.3. The van der Waals surface area contributed by atoms with E-state index >= 15 is 0 Å². The van der Waals surface area contributed by atoms with E-state index in [9.17, 15) is 76.0 Å². The molecular formula is C34H58N2O24. The lowest BCUT2D eigenvalue weighted by atomic mass is 9.93. The maximum atomic E-state index is 12.4. The molecule has 0 bridgehead atoms. The van der Waals surface area contributed by atoms with Gasteiger partial charge in [-0.3, -0.25) is 9.59 Å². The van der Waals surface area contributed by atoms with Gasteiger partial charge in [-0.1, -0.05) is 0 Å². The van der Waals surface area contributed by atoms with E-state index in [1.165, 1.54) is 13.8 Å². The van der Waals surface area contributed by atoms with E-state index in [2.05, 4.69) is 10.6 Å². The van der Waals surface area contributed by atoms with E-state index in [1.807, 2.05) is 0 Å². The Morgan fingerprint density at radius 2 is 0.867 bits per heavy atom. The highest BCUT2D eigenvalue weighted by molar-refractivity contribution is 5.73. The molecule has 5 rings (SSSR count). The minimum atomic E-state index is -2.04. The Hall–Kier alpha value is -1.94. The summed E-state index contributed by atoms with van der Waals surface area (Å²) in [5.74, 6) is -1.51. The zero-order valence-corrected chi connectivity index (χ0v) is 32.9. The van der Waals surface area contributed by atoms with E-state index in [1.54, 1.807) is 0 Å². The van der Waals surface area contributed by atoms with Crippen molar-refractivity contribution in [1.82, 2.24) is 10.6 Å². The largest absolute Gasteiger partial charge is 0.394 e. The van der Waals surface area contributed by atoms with Crippen molar-refractivity contribution < 1.29 is 119 Å².